The molecule has 4 rings (SSSR count). The van der Waals surface area contributed by atoms with E-state index in [2.05, 4.69) is 6.08 Å². The summed E-state index contributed by atoms with van der Waals surface area (Å²) in [4.78, 5) is 0. The van der Waals surface area contributed by atoms with Gasteiger partial charge in [-0.05, 0) is 86.3 Å². The molecule has 0 aromatic heterocycles. The van der Waals surface area contributed by atoms with Gasteiger partial charge in [0.1, 0.15) is 6.61 Å². The highest BCUT2D eigenvalue weighted by atomic mass is 19.2. The topological polar surface area (TPSA) is 18.5 Å². The molecule has 1 unspecified atom stereocenters. The van der Waals surface area contributed by atoms with E-state index in [1.807, 2.05) is 0 Å². The van der Waals surface area contributed by atoms with Crippen molar-refractivity contribution in [3.05, 3.63) is 34.9 Å². The number of methoxy groups -OCH3 is 1. The fraction of sp³-hybridized carbons (Fsp3) is 0.680. The minimum atomic E-state index is -0.983. The Balaban J connectivity index is 1.27. The molecule has 3 aliphatic rings. The van der Waals surface area contributed by atoms with Crippen molar-refractivity contribution in [3.63, 3.8) is 0 Å². The van der Waals surface area contributed by atoms with Crippen LogP contribution in [0, 0.1) is 42.2 Å². The summed E-state index contributed by atoms with van der Waals surface area (Å²) in [7, 11) is 1.33. The minimum absolute atomic E-state index is 0.000286. The molecule has 29 heavy (non-hydrogen) atoms. The van der Waals surface area contributed by atoms with Gasteiger partial charge >= 0.3 is 0 Å². The van der Waals surface area contributed by atoms with Gasteiger partial charge in [0, 0.05) is 0 Å². The number of allylic oxidation sites excluding steroid dienone is 1. The van der Waals surface area contributed by atoms with Crippen molar-refractivity contribution in [1.29, 1.82) is 0 Å². The standard InChI is InChI=1S/C25H34F2O2/c1-16-13-22(28-2)23(26)24(27)25(16)29-15-19-7-11-21(12-8-19)20-9-5-18(6-10-20)14-17-3-4-17/h7,13,17-18,20-21H,3-6,8-12,14-15H2,1-2H3. The normalized spacial score (nSPS) is 27.4. The lowest BCUT2D eigenvalue weighted by molar-refractivity contribution is 0.182. The van der Waals surface area contributed by atoms with Crippen LogP contribution >= 0.6 is 0 Å². The van der Waals surface area contributed by atoms with Crippen molar-refractivity contribution in [2.24, 2.45) is 23.7 Å². The van der Waals surface area contributed by atoms with Gasteiger partial charge in [0.05, 0.1) is 7.11 Å². The summed E-state index contributed by atoms with van der Waals surface area (Å²) in [5.41, 5.74) is 1.76. The van der Waals surface area contributed by atoms with Crippen LogP contribution in [0.4, 0.5) is 8.78 Å². The predicted molar refractivity (Wildman–Crippen MR) is 111 cm³/mol. The molecule has 0 saturated heterocycles. The van der Waals surface area contributed by atoms with Crippen LogP contribution in [0.15, 0.2) is 17.7 Å². The van der Waals surface area contributed by atoms with Gasteiger partial charge < -0.3 is 9.47 Å². The van der Waals surface area contributed by atoms with Gasteiger partial charge in [-0.2, -0.15) is 8.78 Å². The molecule has 1 aromatic rings. The van der Waals surface area contributed by atoms with E-state index in [0.29, 0.717) is 12.2 Å². The minimum Gasteiger partial charge on any atom is -0.494 e. The summed E-state index contributed by atoms with van der Waals surface area (Å²) >= 11 is 0. The second-order valence-electron chi connectivity index (χ2n) is 9.50. The molecule has 2 nitrogen and oxygen atoms in total. The first-order valence-corrected chi connectivity index (χ1v) is 11.4. The third-order valence-corrected chi connectivity index (χ3v) is 7.40. The van der Waals surface area contributed by atoms with Gasteiger partial charge in [-0.25, -0.2) is 0 Å². The summed E-state index contributed by atoms with van der Waals surface area (Å²) in [6.07, 6.45) is 15.7. The molecule has 2 fully saturated rings. The lowest BCUT2D eigenvalue weighted by Crippen LogP contribution is -2.24. The van der Waals surface area contributed by atoms with Crippen molar-refractivity contribution in [2.75, 3.05) is 13.7 Å². The SMILES string of the molecule is COc1cc(C)c(OCC2=CCC(C3CCC(CC4CC4)CC3)CC2)c(F)c1F. The average Bonchev–Trinajstić information content (AvgIpc) is 3.56. The molecular formula is C25H34F2O2. The van der Waals surface area contributed by atoms with E-state index in [9.17, 15) is 8.78 Å². The first kappa shape index (κ1) is 20.7. The van der Waals surface area contributed by atoms with Crippen LogP contribution in [0.5, 0.6) is 11.5 Å². The highest BCUT2D eigenvalue weighted by Gasteiger charge is 2.32. The second-order valence-corrected chi connectivity index (χ2v) is 9.50. The summed E-state index contributed by atoms with van der Waals surface area (Å²) in [5, 5.41) is 0. The molecule has 0 aliphatic heterocycles. The van der Waals surface area contributed by atoms with E-state index in [0.717, 1.165) is 36.5 Å². The van der Waals surface area contributed by atoms with Crippen LogP contribution in [0.2, 0.25) is 0 Å². The van der Waals surface area contributed by atoms with E-state index < -0.39 is 11.6 Å². The number of ether oxygens (including phenoxy) is 2. The molecule has 1 aromatic carbocycles. The fourth-order valence-corrected chi connectivity index (χ4v) is 5.39. The molecule has 0 bridgehead atoms. The number of hydrogen-bond donors (Lipinski definition) is 0. The number of rotatable bonds is 7. The van der Waals surface area contributed by atoms with Crippen LogP contribution < -0.4 is 9.47 Å². The Morgan fingerprint density at radius 3 is 2.21 bits per heavy atom. The summed E-state index contributed by atoms with van der Waals surface area (Å²) in [5.74, 6) is 1.69. The van der Waals surface area contributed by atoms with Crippen molar-refractivity contribution in [3.8, 4) is 11.5 Å². The van der Waals surface area contributed by atoms with Gasteiger partial charge in [-0.15, -0.1) is 0 Å². The number of benzene rings is 1. The smallest absolute Gasteiger partial charge is 0.204 e. The quantitative estimate of drug-likeness (QED) is 0.456. The van der Waals surface area contributed by atoms with Crippen molar-refractivity contribution in [1.82, 2.24) is 0 Å². The number of aryl methyl sites for hydroxylation is 1. The third-order valence-electron chi connectivity index (χ3n) is 7.40. The summed E-state index contributed by atoms with van der Waals surface area (Å²) in [6.45, 7) is 2.05. The first-order valence-electron chi connectivity index (χ1n) is 11.4. The zero-order valence-electron chi connectivity index (χ0n) is 17.8. The van der Waals surface area contributed by atoms with Gasteiger partial charge in [0.2, 0.25) is 11.6 Å². The van der Waals surface area contributed by atoms with Crippen molar-refractivity contribution in [2.45, 2.75) is 71.1 Å². The van der Waals surface area contributed by atoms with E-state index in [1.165, 1.54) is 70.1 Å². The zero-order valence-corrected chi connectivity index (χ0v) is 17.8. The first-order chi connectivity index (χ1) is 14.0. The van der Waals surface area contributed by atoms with E-state index in [1.54, 1.807) is 6.92 Å². The largest absolute Gasteiger partial charge is 0.494 e. The van der Waals surface area contributed by atoms with Gasteiger partial charge in [-0.3, -0.25) is 0 Å². The Kier molecular flexibility index (Phi) is 6.46. The highest BCUT2D eigenvalue weighted by molar-refractivity contribution is 5.42. The Morgan fingerprint density at radius 2 is 1.62 bits per heavy atom. The molecule has 0 amide bonds. The van der Waals surface area contributed by atoms with Crippen LogP contribution in [-0.4, -0.2) is 13.7 Å². The molecule has 0 N–H and O–H groups in total. The van der Waals surface area contributed by atoms with E-state index in [4.69, 9.17) is 9.47 Å². The lowest BCUT2D eigenvalue weighted by Gasteiger charge is -2.35. The molecule has 3 aliphatic carbocycles. The van der Waals surface area contributed by atoms with Crippen molar-refractivity contribution >= 4 is 0 Å². The van der Waals surface area contributed by atoms with Crippen LogP contribution in [0.3, 0.4) is 0 Å². The van der Waals surface area contributed by atoms with Crippen LogP contribution in [-0.2, 0) is 0 Å². The third kappa shape index (κ3) is 4.95. The second kappa shape index (κ2) is 9.06. The molecule has 160 valence electrons. The molecule has 2 saturated carbocycles. The highest BCUT2D eigenvalue weighted by Crippen LogP contribution is 2.44. The maximum Gasteiger partial charge on any atom is 0.204 e. The molecule has 1 atom stereocenters. The summed E-state index contributed by atoms with van der Waals surface area (Å²) < 4.78 is 38.8. The van der Waals surface area contributed by atoms with Crippen LogP contribution in [0.25, 0.3) is 0 Å². The van der Waals surface area contributed by atoms with Gasteiger partial charge in [-0.1, -0.05) is 31.8 Å². The molecule has 0 spiro atoms. The van der Waals surface area contributed by atoms with Gasteiger partial charge in [0.25, 0.3) is 0 Å². The molecule has 4 heteroatoms. The molecular weight excluding hydrogens is 370 g/mol. The van der Waals surface area contributed by atoms with Crippen molar-refractivity contribution < 1.29 is 18.3 Å². The molecule has 0 heterocycles. The van der Waals surface area contributed by atoms with E-state index in [-0.39, 0.29) is 11.5 Å². The maximum atomic E-state index is 14.3. The Morgan fingerprint density at radius 1 is 0.931 bits per heavy atom. The maximum absolute atomic E-state index is 14.3. The lowest BCUT2D eigenvalue weighted by atomic mass is 9.70. The fourth-order valence-electron chi connectivity index (χ4n) is 5.39. The predicted octanol–water partition coefficient (Wildman–Crippen LogP) is 6.99. The monoisotopic (exact) mass is 404 g/mol. The number of hydrogen-bond acceptors (Lipinski definition) is 2. The van der Waals surface area contributed by atoms with Gasteiger partial charge in [0.15, 0.2) is 11.5 Å². The average molecular weight is 405 g/mol. The molecule has 0 radical (unpaired) electrons. The Labute approximate surface area is 173 Å². The van der Waals surface area contributed by atoms with Crippen LogP contribution in [0.1, 0.15) is 69.8 Å². The zero-order chi connectivity index (χ0) is 20.4. The Bertz CT molecular complexity index is 746. The summed E-state index contributed by atoms with van der Waals surface area (Å²) in [6, 6.07) is 1.48. The van der Waals surface area contributed by atoms with E-state index >= 15 is 0 Å². The number of halogens is 2. The Hall–Kier alpha value is -1.58.